The summed E-state index contributed by atoms with van der Waals surface area (Å²) in [6.45, 7) is 10.3. The number of rotatable bonds is 6. The molecule has 7 heteroatoms. The molecule has 2 heterocycles. The lowest BCUT2D eigenvalue weighted by Gasteiger charge is -2.60. The number of phenolic OH excluding ortho intramolecular Hbond substituents is 1. The minimum absolute atomic E-state index is 0.177. The normalized spacial score (nSPS) is 28.4. The summed E-state index contributed by atoms with van der Waals surface area (Å²) in [5.41, 5.74) is 3.53. The summed E-state index contributed by atoms with van der Waals surface area (Å²) in [6.07, 6.45) is 5.77. The molecular weight excluding hydrogens is 540 g/mol. The summed E-state index contributed by atoms with van der Waals surface area (Å²) >= 11 is 0. The average Bonchev–Trinajstić information content (AvgIpc) is 3.71. The van der Waals surface area contributed by atoms with Crippen molar-refractivity contribution < 1.29 is 24.2 Å². The minimum atomic E-state index is -0.448. The molecule has 2 aromatic carbocycles. The van der Waals surface area contributed by atoms with Gasteiger partial charge in [-0.3, -0.25) is 14.5 Å². The number of aryl methyl sites for hydroxylation is 1. The molecule has 2 saturated carbocycles. The molecule has 1 amide bonds. The molecule has 1 N–H and O–H groups in total. The highest BCUT2D eigenvalue weighted by Crippen LogP contribution is 2.66. The Morgan fingerprint density at radius 3 is 2.74 bits per heavy atom. The zero-order valence-electron chi connectivity index (χ0n) is 25.7. The van der Waals surface area contributed by atoms with Gasteiger partial charge in [0.2, 0.25) is 0 Å². The predicted molar refractivity (Wildman–Crippen MR) is 163 cm³/mol. The molecule has 3 aliphatic carbocycles. The number of phenols is 1. The number of carbonyl (C=O) groups excluding carboxylic acids is 2. The number of nitrogens with zero attached hydrogens (tertiary/aromatic N) is 2. The first-order valence-corrected chi connectivity index (χ1v) is 16.0. The number of hydrogen-bond donors (Lipinski definition) is 1. The monoisotopic (exact) mass is 582 g/mol. The number of esters is 1. The van der Waals surface area contributed by atoms with Crippen molar-refractivity contribution in [3.63, 3.8) is 0 Å². The fraction of sp³-hybridized carbons (Fsp3) is 0.556. The fourth-order valence-electron chi connectivity index (χ4n) is 8.74. The predicted octanol–water partition coefficient (Wildman–Crippen LogP) is 4.98. The van der Waals surface area contributed by atoms with Crippen LogP contribution in [0.2, 0.25) is 0 Å². The highest BCUT2D eigenvalue weighted by molar-refractivity contribution is 5.94. The smallest absolute Gasteiger partial charge is 0.308 e. The summed E-state index contributed by atoms with van der Waals surface area (Å²) in [5.74, 6) is 7.87. The van der Waals surface area contributed by atoms with E-state index >= 15 is 0 Å². The van der Waals surface area contributed by atoms with Crippen LogP contribution in [0.15, 0.2) is 30.3 Å². The van der Waals surface area contributed by atoms with Gasteiger partial charge in [0, 0.05) is 60.1 Å². The Bertz CT molecular complexity index is 1530. The maximum Gasteiger partial charge on any atom is 0.308 e. The van der Waals surface area contributed by atoms with Gasteiger partial charge < -0.3 is 19.5 Å². The van der Waals surface area contributed by atoms with E-state index in [1.807, 2.05) is 36.1 Å². The molecule has 0 unspecified atom stereocenters. The van der Waals surface area contributed by atoms with Crippen molar-refractivity contribution in [1.29, 1.82) is 0 Å². The molecule has 226 valence electrons. The first-order valence-electron chi connectivity index (χ1n) is 16.0. The van der Waals surface area contributed by atoms with Crippen LogP contribution in [0.25, 0.3) is 0 Å². The van der Waals surface area contributed by atoms with E-state index in [9.17, 15) is 14.7 Å². The van der Waals surface area contributed by atoms with Gasteiger partial charge in [-0.15, -0.1) is 0 Å². The average molecular weight is 583 g/mol. The van der Waals surface area contributed by atoms with E-state index in [2.05, 4.69) is 30.6 Å². The Labute approximate surface area is 254 Å². The highest BCUT2D eigenvalue weighted by atomic mass is 16.6. The SMILES string of the molecule is CC(=O)Oc1cc(O)c2c3c1O[C@H]1[C@@H](N(CC(C)C)C(=O)C#Cc4cccc(C)c4)CC[C@H]4[C@@H](C2)N(CC2CC2)CC[C@@]341. The largest absolute Gasteiger partial charge is 0.508 e. The van der Waals surface area contributed by atoms with Crippen molar-refractivity contribution in [2.75, 3.05) is 19.6 Å². The van der Waals surface area contributed by atoms with Crippen molar-refractivity contribution in [1.82, 2.24) is 9.80 Å². The van der Waals surface area contributed by atoms with Gasteiger partial charge >= 0.3 is 5.97 Å². The zero-order valence-corrected chi connectivity index (χ0v) is 25.7. The Hall–Kier alpha value is -3.50. The summed E-state index contributed by atoms with van der Waals surface area (Å²) in [5, 5.41) is 11.3. The van der Waals surface area contributed by atoms with Gasteiger partial charge in [-0.2, -0.15) is 0 Å². The zero-order chi connectivity index (χ0) is 30.0. The lowest BCUT2D eigenvalue weighted by molar-refractivity contribution is -0.137. The molecule has 5 atom stereocenters. The first kappa shape index (κ1) is 28.3. The Balaban J connectivity index is 1.31. The number of hydrogen-bond acceptors (Lipinski definition) is 6. The van der Waals surface area contributed by atoms with Crippen LogP contribution in [0.4, 0.5) is 0 Å². The molecule has 5 aliphatic rings. The van der Waals surface area contributed by atoms with E-state index in [-0.39, 0.29) is 40.9 Å². The maximum absolute atomic E-state index is 14.0. The standard InChI is InChI=1S/C36H42N2O5/c1-21(2)19-38(32(41)13-10-24-7-5-6-22(3)16-24)28-12-11-27-29-17-26-30(40)18-31(42-23(4)39)34-33(26)36(27,35(28)43-34)14-15-37(29)20-25-8-9-25/h5-7,16,18,21,25,27-29,35,40H,8-9,11-12,14-15,17,19-20H2,1-4H3/t27-,28-,29+,35-,36-/m0/s1. The number of benzene rings is 2. The van der Waals surface area contributed by atoms with Crippen LogP contribution >= 0.6 is 0 Å². The fourth-order valence-corrected chi connectivity index (χ4v) is 8.74. The Kier molecular flexibility index (Phi) is 6.97. The van der Waals surface area contributed by atoms with E-state index in [1.54, 1.807) is 6.07 Å². The molecular formula is C36H42N2O5. The second-order valence-corrected chi connectivity index (χ2v) is 13.9. The molecule has 1 spiro atoms. The quantitative estimate of drug-likeness (QED) is 0.294. The van der Waals surface area contributed by atoms with Crippen molar-refractivity contribution in [2.45, 2.75) is 89.8 Å². The van der Waals surface area contributed by atoms with Crippen molar-refractivity contribution in [3.8, 4) is 29.1 Å². The summed E-state index contributed by atoms with van der Waals surface area (Å²) < 4.78 is 12.6. The Morgan fingerprint density at radius 2 is 2.02 bits per heavy atom. The molecule has 2 aromatic rings. The molecule has 0 aromatic heterocycles. The number of likely N-dealkylation sites (tertiary alicyclic amines) is 1. The molecule has 0 radical (unpaired) electrons. The van der Waals surface area contributed by atoms with E-state index in [0.717, 1.165) is 66.9 Å². The van der Waals surface area contributed by atoms with Crippen LogP contribution in [0.1, 0.15) is 75.1 Å². The highest BCUT2D eigenvalue weighted by Gasteiger charge is 2.67. The third-order valence-corrected chi connectivity index (χ3v) is 10.5. The lowest BCUT2D eigenvalue weighted by atomic mass is 9.50. The molecule has 7 rings (SSSR count). The van der Waals surface area contributed by atoms with Crippen LogP contribution in [0.5, 0.6) is 17.2 Å². The van der Waals surface area contributed by atoms with Gasteiger partial charge in [-0.25, -0.2) is 0 Å². The number of carbonyl (C=O) groups is 2. The summed E-state index contributed by atoms with van der Waals surface area (Å²) in [7, 11) is 0. The van der Waals surface area contributed by atoms with E-state index < -0.39 is 5.97 Å². The Morgan fingerprint density at radius 1 is 1.21 bits per heavy atom. The molecule has 43 heavy (non-hydrogen) atoms. The van der Waals surface area contributed by atoms with Crippen molar-refractivity contribution in [3.05, 3.63) is 52.6 Å². The maximum atomic E-state index is 14.0. The van der Waals surface area contributed by atoms with Crippen molar-refractivity contribution in [2.24, 2.45) is 17.8 Å². The van der Waals surface area contributed by atoms with Gasteiger partial charge in [0.25, 0.3) is 5.91 Å². The second-order valence-electron chi connectivity index (χ2n) is 13.9. The number of amides is 1. The minimum Gasteiger partial charge on any atom is -0.508 e. The third kappa shape index (κ3) is 4.79. The molecule has 3 fully saturated rings. The molecule has 7 nitrogen and oxygen atoms in total. The summed E-state index contributed by atoms with van der Waals surface area (Å²) in [6, 6.07) is 9.61. The number of ether oxygens (including phenoxy) is 2. The van der Waals surface area contributed by atoms with Gasteiger partial charge in [0.05, 0.1) is 6.04 Å². The van der Waals surface area contributed by atoms with Gasteiger partial charge in [-0.05, 0) is 87.4 Å². The van der Waals surface area contributed by atoms with Gasteiger partial charge in [0.15, 0.2) is 11.5 Å². The van der Waals surface area contributed by atoms with E-state index in [1.165, 1.54) is 19.8 Å². The van der Waals surface area contributed by atoms with Crippen LogP contribution in [0.3, 0.4) is 0 Å². The number of piperidine rings is 1. The topological polar surface area (TPSA) is 79.3 Å². The lowest BCUT2D eigenvalue weighted by Crippen LogP contribution is -2.69. The molecule has 2 aliphatic heterocycles. The van der Waals surface area contributed by atoms with Crippen LogP contribution < -0.4 is 9.47 Å². The van der Waals surface area contributed by atoms with E-state index in [0.29, 0.717) is 24.3 Å². The van der Waals surface area contributed by atoms with Crippen LogP contribution in [0, 0.1) is 36.5 Å². The van der Waals surface area contributed by atoms with E-state index in [4.69, 9.17) is 9.47 Å². The second kappa shape index (κ2) is 10.6. The van der Waals surface area contributed by atoms with Crippen LogP contribution in [-0.4, -0.2) is 64.6 Å². The van der Waals surface area contributed by atoms with Gasteiger partial charge in [0.1, 0.15) is 11.9 Å². The molecule has 2 bridgehead atoms. The first-order chi connectivity index (χ1) is 20.7. The van der Waals surface area contributed by atoms with Gasteiger partial charge in [-0.1, -0.05) is 31.9 Å². The molecule has 1 saturated heterocycles. The van der Waals surface area contributed by atoms with Crippen LogP contribution in [-0.2, 0) is 21.4 Å². The number of aromatic hydroxyl groups is 1. The van der Waals surface area contributed by atoms with Crippen molar-refractivity contribution >= 4 is 11.9 Å². The summed E-state index contributed by atoms with van der Waals surface area (Å²) in [4.78, 5) is 30.7. The third-order valence-electron chi connectivity index (χ3n) is 10.5.